The minimum absolute atomic E-state index is 0.361. The predicted octanol–water partition coefficient (Wildman–Crippen LogP) is 2.58. The Hall–Kier alpha value is -0.230. The van der Waals surface area contributed by atoms with Gasteiger partial charge in [-0.3, -0.25) is 0 Å². The lowest BCUT2D eigenvalue weighted by atomic mass is 10.4. The van der Waals surface area contributed by atoms with E-state index in [1.54, 1.807) is 7.11 Å². The highest BCUT2D eigenvalue weighted by molar-refractivity contribution is 9.10. The second-order valence-electron chi connectivity index (χ2n) is 2.76. The molecule has 0 aliphatic carbocycles. The van der Waals surface area contributed by atoms with Crippen LogP contribution in [0.25, 0.3) is 0 Å². The number of rotatable bonds is 5. The minimum Gasteiger partial charge on any atom is -0.378 e. The van der Waals surface area contributed by atoms with Gasteiger partial charge in [0.05, 0.1) is 16.8 Å². The average molecular weight is 296 g/mol. The van der Waals surface area contributed by atoms with Crippen LogP contribution in [0.5, 0.6) is 0 Å². The summed E-state index contributed by atoms with van der Waals surface area (Å²) in [5.74, 6) is 0.567. The van der Waals surface area contributed by atoms with Crippen LogP contribution in [0, 0.1) is 0 Å². The van der Waals surface area contributed by atoms with Crippen LogP contribution in [0.4, 0.5) is 0 Å². The Morgan fingerprint density at radius 3 is 2.67 bits per heavy atom. The van der Waals surface area contributed by atoms with E-state index in [9.17, 15) is 0 Å². The normalized spacial score (nSPS) is 10.7. The van der Waals surface area contributed by atoms with Crippen LogP contribution >= 0.6 is 27.5 Å². The van der Waals surface area contributed by atoms with Crippen molar-refractivity contribution in [3.63, 3.8) is 0 Å². The lowest BCUT2D eigenvalue weighted by molar-refractivity contribution is 0.127. The molecule has 1 aromatic heterocycles. The van der Waals surface area contributed by atoms with E-state index in [0.29, 0.717) is 35.3 Å². The zero-order chi connectivity index (χ0) is 11.3. The Morgan fingerprint density at radius 1 is 1.33 bits per heavy atom. The molecule has 0 spiro atoms. The summed E-state index contributed by atoms with van der Waals surface area (Å²) in [4.78, 5) is 8.35. The Labute approximate surface area is 102 Å². The molecular formula is C9H12BrClN2O2. The molecule has 0 saturated heterocycles. The maximum Gasteiger partial charge on any atom is 0.156 e. The van der Waals surface area contributed by atoms with Gasteiger partial charge >= 0.3 is 0 Å². The molecule has 0 aliphatic heterocycles. The van der Waals surface area contributed by atoms with Gasteiger partial charge in [0.1, 0.15) is 11.8 Å². The molecule has 1 rings (SSSR count). The van der Waals surface area contributed by atoms with Gasteiger partial charge < -0.3 is 9.47 Å². The summed E-state index contributed by atoms with van der Waals surface area (Å²) in [7, 11) is 1.60. The molecule has 0 N–H and O–H groups in total. The largest absolute Gasteiger partial charge is 0.378 e. The van der Waals surface area contributed by atoms with Gasteiger partial charge in [-0.1, -0.05) is 11.6 Å². The maximum absolute atomic E-state index is 5.92. The van der Waals surface area contributed by atoms with Gasteiger partial charge in [-0.25, -0.2) is 9.97 Å². The van der Waals surface area contributed by atoms with Crippen LogP contribution in [-0.4, -0.2) is 23.7 Å². The van der Waals surface area contributed by atoms with Gasteiger partial charge in [0.15, 0.2) is 5.82 Å². The Morgan fingerprint density at radius 2 is 2.07 bits per heavy atom. The third-order valence-electron chi connectivity index (χ3n) is 1.64. The highest BCUT2D eigenvalue weighted by atomic mass is 79.9. The van der Waals surface area contributed by atoms with Gasteiger partial charge in [-0.05, 0) is 22.9 Å². The van der Waals surface area contributed by atoms with E-state index >= 15 is 0 Å². The number of hydrogen-bond acceptors (Lipinski definition) is 4. The Kier molecular flexibility index (Phi) is 5.45. The molecular weight excluding hydrogens is 283 g/mol. The quantitative estimate of drug-likeness (QED) is 0.783. The van der Waals surface area contributed by atoms with Crippen LogP contribution in [0.3, 0.4) is 0 Å². The van der Waals surface area contributed by atoms with E-state index in [1.807, 2.05) is 6.92 Å². The number of methoxy groups -OCH3 is 1. The first-order valence-electron chi connectivity index (χ1n) is 4.46. The molecule has 0 radical (unpaired) electrons. The van der Waals surface area contributed by atoms with Crippen molar-refractivity contribution < 1.29 is 9.47 Å². The highest BCUT2D eigenvalue weighted by Crippen LogP contribution is 2.24. The average Bonchev–Trinajstić information content (AvgIpc) is 2.22. The number of halogens is 2. The van der Waals surface area contributed by atoms with Crippen molar-refractivity contribution in [3.05, 3.63) is 21.1 Å². The first-order chi connectivity index (χ1) is 7.19. The predicted molar refractivity (Wildman–Crippen MR) is 60.8 cm³/mol. The van der Waals surface area contributed by atoms with Gasteiger partial charge in [0.25, 0.3) is 0 Å². The van der Waals surface area contributed by atoms with Gasteiger partial charge in [0.2, 0.25) is 0 Å². The van der Waals surface area contributed by atoms with Crippen molar-refractivity contribution in [3.8, 4) is 0 Å². The van der Waals surface area contributed by atoms with Gasteiger partial charge in [0, 0.05) is 13.7 Å². The number of aromatic nitrogens is 2. The van der Waals surface area contributed by atoms with Crippen molar-refractivity contribution >= 4 is 27.5 Å². The monoisotopic (exact) mass is 294 g/mol. The van der Waals surface area contributed by atoms with Crippen molar-refractivity contribution in [2.24, 2.45) is 0 Å². The minimum atomic E-state index is 0.361. The second-order valence-corrected chi connectivity index (χ2v) is 3.91. The maximum atomic E-state index is 5.92. The van der Waals surface area contributed by atoms with E-state index in [0.717, 1.165) is 5.69 Å². The molecule has 0 aromatic carbocycles. The van der Waals surface area contributed by atoms with Crippen molar-refractivity contribution in [2.45, 2.75) is 20.1 Å². The Balaban J connectivity index is 2.90. The molecule has 4 nitrogen and oxygen atoms in total. The third kappa shape index (κ3) is 3.68. The summed E-state index contributed by atoms with van der Waals surface area (Å²) >= 11 is 9.23. The second kappa shape index (κ2) is 6.37. The topological polar surface area (TPSA) is 44.2 Å². The van der Waals surface area contributed by atoms with Gasteiger partial charge in [-0.15, -0.1) is 0 Å². The van der Waals surface area contributed by atoms with E-state index in [1.165, 1.54) is 0 Å². The molecule has 84 valence electrons. The molecule has 0 atom stereocenters. The fraction of sp³-hybridized carbons (Fsp3) is 0.556. The summed E-state index contributed by atoms with van der Waals surface area (Å²) in [6.45, 7) is 3.29. The Bertz CT molecular complexity index is 336. The molecule has 1 heterocycles. The molecule has 0 fully saturated rings. The number of nitrogens with zero attached hydrogens (tertiary/aromatic N) is 2. The van der Waals surface area contributed by atoms with Crippen LogP contribution in [0.15, 0.2) is 4.47 Å². The lowest BCUT2D eigenvalue weighted by Crippen LogP contribution is -2.04. The SMILES string of the molecule is CCOCc1nc(Cl)c(Br)c(COC)n1. The lowest BCUT2D eigenvalue weighted by Gasteiger charge is -2.07. The fourth-order valence-electron chi connectivity index (χ4n) is 1.00. The highest BCUT2D eigenvalue weighted by Gasteiger charge is 2.10. The van der Waals surface area contributed by atoms with Crippen molar-refractivity contribution in [1.29, 1.82) is 0 Å². The summed E-state index contributed by atoms with van der Waals surface area (Å²) in [5, 5.41) is 0.381. The molecule has 15 heavy (non-hydrogen) atoms. The van der Waals surface area contributed by atoms with E-state index in [-0.39, 0.29) is 0 Å². The summed E-state index contributed by atoms with van der Waals surface area (Å²) in [6, 6.07) is 0. The third-order valence-corrected chi connectivity index (χ3v) is 2.98. The molecule has 0 amide bonds. The molecule has 0 saturated carbocycles. The van der Waals surface area contributed by atoms with Gasteiger partial charge in [-0.2, -0.15) is 0 Å². The summed E-state index contributed by atoms with van der Waals surface area (Å²) in [6.07, 6.45) is 0. The van der Waals surface area contributed by atoms with E-state index < -0.39 is 0 Å². The summed E-state index contributed by atoms with van der Waals surface area (Å²) < 4.78 is 10.9. The summed E-state index contributed by atoms with van der Waals surface area (Å²) in [5.41, 5.74) is 0.729. The van der Waals surface area contributed by atoms with Crippen LogP contribution in [0.2, 0.25) is 5.15 Å². The molecule has 0 aliphatic rings. The molecule has 6 heteroatoms. The fourth-order valence-corrected chi connectivity index (χ4v) is 1.50. The number of ether oxygens (including phenoxy) is 2. The van der Waals surface area contributed by atoms with Crippen LogP contribution in [0.1, 0.15) is 18.4 Å². The first kappa shape index (κ1) is 12.8. The molecule has 0 unspecified atom stereocenters. The van der Waals surface area contributed by atoms with E-state index in [2.05, 4.69) is 25.9 Å². The zero-order valence-corrected chi connectivity index (χ0v) is 10.9. The van der Waals surface area contributed by atoms with E-state index in [4.69, 9.17) is 21.1 Å². The van der Waals surface area contributed by atoms with Crippen LogP contribution < -0.4 is 0 Å². The molecule has 0 bridgehead atoms. The number of hydrogen-bond donors (Lipinski definition) is 0. The van der Waals surface area contributed by atoms with Crippen molar-refractivity contribution in [1.82, 2.24) is 9.97 Å². The standard InChI is InChI=1S/C9H12BrClN2O2/c1-3-15-5-7-12-6(4-14-2)8(10)9(11)13-7/h3-5H2,1-2H3. The van der Waals surface area contributed by atoms with Crippen molar-refractivity contribution in [2.75, 3.05) is 13.7 Å². The van der Waals surface area contributed by atoms with Crippen LogP contribution in [-0.2, 0) is 22.7 Å². The first-order valence-corrected chi connectivity index (χ1v) is 5.63. The smallest absolute Gasteiger partial charge is 0.156 e. The molecule has 1 aromatic rings. The zero-order valence-electron chi connectivity index (χ0n) is 8.59.